The number of aliphatic hydroxyl groups is 2. The van der Waals surface area contributed by atoms with E-state index >= 15 is 8.78 Å². The average molecular weight is 979 g/mol. The number of piperidine rings is 2. The SMILES string of the molecule is C.O=C(Nc1ccc(N2CCCC3(CCN(C45CC6CC(C4)C(O)C(C6)C5)C3=O)C2)c(F)c1)C1CC1.O=C(Nc1ccc(N2CCCC3(CCN(C45CC6CC(C4)C(O)C(C6)C5)C3=O)C2)c(F)c1)C1CC1. The van der Waals surface area contributed by atoms with Crippen LogP contribution in [0.1, 0.15) is 136 Å². The maximum atomic E-state index is 15.2. The van der Waals surface area contributed by atoms with E-state index in [1.165, 1.54) is 12.1 Å². The van der Waals surface area contributed by atoms with Gasteiger partial charge < -0.3 is 40.4 Å². The standard InChI is InChI=1S/2C28H36FN3O3.CH4/c2*29-22-12-21(30-25(34)18-2-3-18)4-5-23(22)31-8-1-6-27(16-31)7-9-32(26(27)35)28-13-17-10-19(14-28)24(33)20(11-17)15-28;/h2*4-5,12,17-20,24,33H,1-3,6-11,13-16H2,(H,30,34);1H4. The molecule has 2 aromatic carbocycles. The minimum absolute atomic E-state index is 0. The predicted octanol–water partition coefficient (Wildman–Crippen LogP) is 8.50. The van der Waals surface area contributed by atoms with E-state index in [4.69, 9.17) is 0 Å². The van der Waals surface area contributed by atoms with Gasteiger partial charge in [-0.25, -0.2) is 8.78 Å². The molecular weight excluding hydrogens is 903 g/mol. The molecule has 6 atom stereocenters. The van der Waals surface area contributed by atoms with Crippen molar-refractivity contribution in [3.05, 3.63) is 48.0 Å². The fourth-order valence-corrected chi connectivity index (χ4v) is 17.4. The maximum absolute atomic E-state index is 15.2. The number of amides is 4. The first-order chi connectivity index (χ1) is 33.7. The first kappa shape index (κ1) is 47.7. The van der Waals surface area contributed by atoms with Gasteiger partial charge in [0.25, 0.3) is 0 Å². The number of nitrogens with one attached hydrogen (secondary N) is 2. The molecule has 4 amide bonds. The molecule has 0 aromatic heterocycles. The van der Waals surface area contributed by atoms with E-state index in [9.17, 15) is 29.4 Å². The first-order valence-electron chi connectivity index (χ1n) is 27.4. The highest BCUT2D eigenvalue weighted by Gasteiger charge is 2.64. The van der Waals surface area contributed by atoms with Crippen LogP contribution in [0.2, 0.25) is 0 Å². The van der Waals surface area contributed by atoms with Crippen LogP contribution in [-0.4, -0.2) is 106 Å². The second kappa shape index (κ2) is 17.4. The third-order valence-corrected chi connectivity index (χ3v) is 20.7. The lowest BCUT2D eigenvalue weighted by Crippen LogP contribution is -2.65. The van der Waals surface area contributed by atoms with Crippen molar-refractivity contribution in [2.45, 2.75) is 159 Å². The van der Waals surface area contributed by atoms with E-state index in [-0.39, 0.29) is 77.8 Å². The van der Waals surface area contributed by atoms with E-state index in [0.29, 0.717) is 71.3 Å². The van der Waals surface area contributed by atoms with Crippen LogP contribution in [0.3, 0.4) is 0 Å². The number of carbonyl (C=O) groups is 4. The molecule has 4 saturated heterocycles. The van der Waals surface area contributed by atoms with Crippen LogP contribution < -0.4 is 20.4 Å². The molecule has 2 spiro atoms. The van der Waals surface area contributed by atoms with E-state index in [1.54, 1.807) is 24.3 Å². The van der Waals surface area contributed by atoms with Crippen LogP contribution >= 0.6 is 0 Å². The Kier molecular flexibility index (Phi) is 11.7. The molecule has 10 saturated carbocycles. The van der Waals surface area contributed by atoms with Crippen molar-refractivity contribution < 1.29 is 38.2 Å². The lowest BCUT2D eigenvalue weighted by atomic mass is 9.51. The van der Waals surface area contributed by atoms with Crippen molar-refractivity contribution in [3.63, 3.8) is 0 Å². The molecule has 0 radical (unpaired) electrons. The summed E-state index contributed by atoms with van der Waals surface area (Å²) in [5, 5.41) is 27.1. The highest BCUT2D eigenvalue weighted by Crippen LogP contribution is 2.62. The third kappa shape index (κ3) is 8.07. The van der Waals surface area contributed by atoms with Crippen molar-refractivity contribution in [1.82, 2.24) is 9.80 Å². The Balaban J connectivity index is 0.000000144. The van der Waals surface area contributed by atoms with E-state index in [2.05, 4.69) is 30.2 Å². The summed E-state index contributed by atoms with van der Waals surface area (Å²) in [4.78, 5) is 60.8. The van der Waals surface area contributed by atoms with E-state index < -0.39 is 10.8 Å². The summed E-state index contributed by atoms with van der Waals surface area (Å²) in [5.74, 6) is 2.66. The number of hydrogen-bond acceptors (Lipinski definition) is 8. The molecule has 2 aromatic rings. The minimum atomic E-state index is -0.439. The van der Waals surface area contributed by atoms with Crippen molar-refractivity contribution in [2.75, 3.05) is 59.7 Å². The van der Waals surface area contributed by atoms with Gasteiger partial charge in [-0.15, -0.1) is 0 Å². The second-order valence-corrected chi connectivity index (χ2v) is 25.3. The smallest absolute Gasteiger partial charge is 0.231 e. The molecule has 4 N–H and O–H groups in total. The van der Waals surface area contributed by atoms with Crippen LogP contribution in [0.5, 0.6) is 0 Å². The quantitative estimate of drug-likeness (QED) is 0.206. The van der Waals surface area contributed by atoms with Gasteiger partial charge in [-0.2, -0.15) is 0 Å². The molecular formula is C57H76F2N6O6. The largest absolute Gasteiger partial charge is 0.393 e. The Morgan fingerprint density at radius 2 is 0.930 bits per heavy atom. The number of likely N-dealkylation sites (tertiary alicyclic amines) is 2. The number of rotatable bonds is 8. The maximum Gasteiger partial charge on any atom is 0.231 e. The molecule has 14 heteroatoms. The summed E-state index contributed by atoms with van der Waals surface area (Å²) >= 11 is 0. The van der Waals surface area contributed by atoms with E-state index in [0.717, 1.165) is 155 Å². The van der Waals surface area contributed by atoms with Crippen molar-refractivity contribution in [3.8, 4) is 0 Å². The van der Waals surface area contributed by atoms with Crippen molar-refractivity contribution >= 4 is 46.4 Å². The summed E-state index contributed by atoms with van der Waals surface area (Å²) in [6.07, 6.45) is 18.9. The Hall–Kier alpha value is -4.30. The molecule has 10 aliphatic carbocycles. The molecule has 6 unspecified atom stereocenters. The number of anilines is 4. The highest BCUT2D eigenvalue weighted by atomic mass is 19.1. The number of benzene rings is 2. The van der Waals surface area contributed by atoms with Gasteiger partial charge >= 0.3 is 0 Å². The predicted molar refractivity (Wildman–Crippen MR) is 267 cm³/mol. The highest BCUT2D eigenvalue weighted by molar-refractivity contribution is 5.95. The number of hydrogen-bond donors (Lipinski definition) is 4. The molecule has 16 rings (SSSR count). The summed E-state index contributed by atoms with van der Waals surface area (Å²) in [6.45, 7) is 4.18. The zero-order chi connectivity index (χ0) is 47.9. The van der Waals surface area contributed by atoms with Gasteiger partial charge in [-0.1, -0.05) is 7.43 Å². The normalized spacial score (nSPS) is 39.5. The Labute approximate surface area is 418 Å². The topological polar surface area (TPSA) is 146 Å². The number of aliphatic hydroxyl groups excluding tert-OH is 2. The van der Waals surface area contributed by atoms with Crippen LogP contribution in [-0.2, 0) is 19.2 Å². The average Bonchev–Trinajstić information content (AvgIpc) is 4.28. The fraction of sp³-hybridized carbons (Fsp3) is 0.719. The molecule has 384 valence electrons. The van der Waals surface area contributed by atoms with Gasteiger partial charge in [0.15, 0.2) is 0 Å². The molecule has 12 nitrogen and oxygen atoms in total. The molecule has 14 fully saturated rings. The third-order valence-electron chi connectivity index (χ3n) is 20.7. The Morgan fingerprint density at radius 1 is 0.549 bits per heavy atom. The number of carbonyl (C=O) groups excluding carboxylic acids is 4. The van der Waals surface area contributed by atoms with Gasteiger partial charge in [0.05, 0.1) is 34.4 Å². The number of nitrogens with zero attached hydrogens (tertiary/aromatic N) is 4. The summed E-state index contributed by atoms with van der Waals surface area (Å²) < 4.78 is 30.4. The van der Waals surface area contributed by atoms with Crippen molar-refractivity contribution in [2.24, 2.45) is 58.2 Å². The zero-order valence-electron chi connectivity index (χ0n) is 40.7. The lowest BCUT2D eigenvalue weighted by Gasteiger charge is -2.61. The Bertz CT molecular complexity index is 2280. The summed E-state index contributed by atoms with van der Waals surface area (Å²) in [6, 6.07) is 9.91. The molecule has 71 heavy (non-hydrogen) atoms. The van der Waals surface area contributed by atoms with Gasteiger partial charge in [0, 0.05) is 73.6 Å². The summed E-state index contributed by atoms with van der Waals surface area (Å²) in [7, 11) is 0. The zero-order valence-corrected chi connectivity index (χ0v) is 40.7. The lowest BCUT2D eigenvalue weighted by molar-refractivity contribution is -0.168. The van der Waals surface area contributed by atoms with Crippen LogP contribution in [0, 0.1) is 69.8 Å². The first-order valence-corrected chi connectivity index (χ1v) is 27.4. The molecule has 4 aliphatic heterocycles. The second-order valence-electron chi connectivity index (χ2n) is 25.3. The van der Waals surface area contributed by atoms with Crippen molar-refractivity contribution in [1.29, 1.82) is 0 Å². The Morgan fingerprint density at radius 3 is 1.28 bits per heavy atom. The van der Waals surface area contributed by atoms with Crippen LogP contribution in [0.25, 0.3) is 0 Å². The van der Waals surface area contributed by atoms with Gasteiger partial charge in [-0.05, 0) is 200 Å². The van der Waals surface area contributed by atoms with Gasteiger partial charge in [0.1, 0.15) is 11.6 Å². The van der Waals surface area contributed by atoms with Gasteiger partial charge in [-0.3, -0.25) is 19.2 Å². The minimum Gasteiger partial charge on any atom is -0.393 e. The van der Waals surface area contributed by atoms with Gasteiger partial charge in [0.2, 0.25) is 23.6 Å². The van der Waals surface area contributed by atoms with Crippen LogP contribution in [0.15, 0.2) is 36.4 Å². The monoisotopic (exact) mass is 979 g/mol. The fourth-order valence-electron chi connectivity index (χ4n) is 17.4. The van der Waals surface area contributed by atoms with E-state index in [1.807, 2.05) is 0 Å². The van der Waals surface area contributed by atoms with Crippen LogP contribution in [0.4, 0.5) is 31.5 Å². The summed E-state index contributed by atoms with van der Waals surface area (Å²) in [5.41, 5.74) is 1.05. The molecule has 4 heterocycles. The number of halogens is 2. The molecule has 8 bridgehead atoms. The molecule has 14 aliphatic rings.